The van der Waals surface area contributed by atoms with Gasteiger partial charge in [-0.1, -0.05) is 23.7 Å². The van der Waals surface area contributed by atoms with E-state index >= 15 is 0 Å². The highest BCUT2D eigenvalue weighted by Crippen LogP contribution is 2.20. The van der Waals surface area contributed by atoms with E-state index in [2.05, 4.69) is 15.8 Å². The van der Waals surface area contributed by atoms with Gasteiger partial charge in [-0.25, -0.2) is 5.43 Å². The number of rotatable bonds is 7. The highest BCUT2D eigenvalue weighted by molar-refractivity contribution is 7.99. The van der Waals surface area contributed by atoms with Gasteiger partial charge in [0.2, 0.25) is 11.8 Å². The minimum absolute atomic E-state index is 0.119. The van der Waals surface area contributed by atoms with Crippen LogP contribution in [0.2, 0.25) is 5.02 Å². The van der Waals surface area contributed by atoms with Crippen LogP contribution in [0.25, 0.3) is 0 Å². The Hall–Kier alpha value is -2.31. The monoisotopic (exact) mass is 389 g/mol. The lowest BCUT2D eigenvalue weighted by Crippen LogP contribution is -2.19. The Balaban J connectivity index is 1.79. The molecular formula is C19H20ClN3O2S. The topological polar surface area (TPSA) is 70.6 Å². The van der Waals surface area contributed by atoms with E-state index in [-0.39, 0.29) is 11.8 Å². The van der Waals surface area contributed by atoms with E-state index in [1.54, 1.807) is 23.9 Å². The number of hydrogen-bond donors (Lipinski definition) is 2. The molecule has 2 N–H and O–H groups in total. The van der Waals surface area contributed by atoms with Gasteiger partial charge in [0.15, 0.2) is 0 Å². The van der Waals surface area contributed by atoms with Crippen molar-refractivity contribution >= 4 is 46.6 Å². The first kappa shape index (κ1) is 20.0. The van der Waals surface area contributed by atoms with Crippen LogP contribution in [0.15, 0.2) is 58.5 Å². The fourth-order valence-corrected chi connectivity index (χ4v) is 3.03. The largest absolute Gasteiger partial charge is 0.326 e. The van der Waals surface area contributed by atoms with E-state index in [0.29, 0.717) is 22.9 Å². The lowest BCUT2D eigenvalue weighted by atomic mass is 10.1. The Morgan fingerprint density at radius 2 is 1.69 bits per heavy atom. The van der Waals surface area contributed by atoms with E-state index in [0.717, 1.165) is 16.1 Å². The van der Waals surface area contributed by atoms with Gasteiger partial charge in [-0.3, -0.25) is 9.59 Å². The predicted octanol–water partition coefficient (Wildman–Crippen LogP) is 4.32. The van der Waals surface area contributed by atoms with Gasteiger partial charge in [0.1, 0.15) is 0 Å². The van der Waals surface area contributed by atoms with Crippen molar-refractivity contribution in [1.82, 2.24) is 5.43 Å². The van der Waals surface area contributed by atoms with Crippen molar-refractivity contribution in [2.75, 3.05) is 11.1 Å². The van der Waals surface area contributed by atoms with Crippen molar-refractivity contribution in [3.05, 3.63) is 59.1 Å². The van der Waals surface area contributed by atoms with Gasteiger partial charge >= 0.3 is 0 Å². The quantitative estimate of drug-likeness (QED) is 0.421. The number of amides is 2. The normalized spacial score (nSPS) is 11.1. The van der Waals surface area contributed by atoms with Crippen LogP contribution < -0.4 is 10.7 Å². The number of hydrazone groups is 1. The fourth-order valence-electron chi connectivity index (χ4n) is 2.06. The van der Waals surface area contributed by atoms with Crippen molar-refractivity contribution in [2.24, 2.45) is 5.10 Å². The molecule has 2 aromatic rings. The molecule has 0 radical (unpaired) electrons. The van der Waals surface area contributed by atoms with Crippen LogP contribution in [-0.4, -0.2) is 23.3 Å². The van der Waals surface area contributed by atoms with Crippen molar-refractivity contribution in [3.63, 3.8) is 0 Å². The molecule has 0 aliphatic rings. The molecule has 136 valence electrons. The zero-order chi connectivity index (χ0) is 18.9. The van der Waals surface area contributed by atoms with E-state index in [1.165, 1.54) is 6.92 Å². The fraction of sp³-hybridized carbons (Fsp3) is 0.211. The predicted molar refractivity (Wildman–Crippen MR) is 108 cm³/mol. The first-order valence-electron chi connectivity index (χ1n) is 8.03. The van der Waals surface area contributed by atoms with Crippen LogP contribution in [0.1, 0.15) is 25.8 Å². The second kappa shape index (κ2) is 9.99. The van der Waals surface area contributed by atoms with E-state index in [9.17, 15) is 9.59 Å². The summed E-state index contributed by atoms with van der Waals surface area (Å²) in [6.45, 7) is 3.28. The van der Waals surface area contributed by atoms with Gasteiger partial charge in [-0.2, -0.15) is 5.10 Å². The molecule has 0 saturated heterocycles. The van der Waals surface area contributed by atoms with Crippen molar-refractivity contribution in [3.8, 4) is 0 Å². The summed E-state index contributed by atoms with van der Waals surface area (Å²) in [5, 5.41) is 7.52. The van der Waals surface area contributed by atoms with Crippen molar-refractivity contribution in [2.45, 2.75) is 25.2 Å². The molecule has 0 aromatic heterocycles. The molecule has 26 heavy (non-hydrogen) atoms. The Labute approximate surface area is 162 Å². The first-order valence-corrected chi connectivity index (χ1v) is 9.40. The third-order valence-corrected chi connectivity index (χ3v) is 4.65. The summed E-state index contributed by atoms with van der Waals surface area (Å²) in [6, 6.07) is 14.8. The van der Waals surface area contributed by atoms with Crippen LogP contribution in [-0.2, 0) is 9.59 Å². The number of benzene rings is 2. The summed E-state index contributed by atoms with van der Waals surface area (Å²) >= 11 is 7.43. The Morgan fingerprint density at radius 3 is 2.31 bits per heavy atom. The molecule has 0 atom stereocenters. The number of anilines is 1. The van der Waals surface area contributed by atoms with E-state index < -0.39 is 0 Å². The zero-order valence-corrected chi connectivity index (χ0v) is 16.2. The minimum Gasteiger partial charge on any atom is -0.326 e. The summed E-state index contributed by atoms with van der Waals surface area (Å²) in [4.78, 5) is 24.0. The SMILES string of the molecule is CC(=O)Nc1ccc(/C(C)=N\NC(=O)CCSc2ccc(Cl)cc2)cc1. The van der Waals surface area contributed by atoms with Gasteiger partial charge < -0.3 is 5.32 Å². The summed E-state index contributed by atoms with van der Waals surface area (Å²) in [5.41, 5.74) is 4.85. The van der Waals surface area contributed by atoms with Gasteiger partial charge in [-0.05, 0) is 48.9 Å². The maximum Gasteiger partial charge on any atom is 0.240 e. The van der Waals surface area contributed by atoms with Crippen molar-refractivity contribution in [1.29, 1.82) is 0 Å². The number of thioether (sulfide) groups is 1. The van der Waals surface area contributed by atoms with E-state index in [4.69, 9.17) is 11.6 Å². The summed E-state index contributed by atoms with van der Waals surface area (Å²) in [6.07, 6.45) is 0.367. The molecule has 0 unspecified atom stereocenters. The number of carbonyl (C=O) groups excluding carboxylic acids is 2. The van der Waals surface area contributed by atoms with Crippen LogP contribution in [0, 0.1) is 0 Å². The Kier molecular flexibility index (Phi) is 7.69. The molecule has 0 aliphatic heterocycles. The second-order valence-electron chi connectivity index (χ2n) is 5.54. The maximum atomic E-state index is 11.9. The third kappa shape index (κ3) is 6.90. The molecule has 0 saturated carbocycles. The molecule has 0 heterocycles. The van der Waals surface area contributed by atoms with Crippen LogP contribution in [0.5, 0.6) is 0 Å². The molecule has 0 spiro atoms. The summed E-state index contributed by atoms with van der Waals surface area (Å²) in [5.74, 6) is 0.403. The van der Waals surface area contributed by atoms with E-state index in [1.807, 2.05) is 43.3 Å². The average molecular weight is 390 g/mol. The van der Waals surface area contributed by atoms with Crippen LogP contribution in [0.4, 0.5) is 5.69 Å². The number of nitrogens with zero attached hydrogens (tertiary/aromatic N) is 1. The molecule has 2 amide bonds. The summed E-state index contributed by atoms with van der Waals surface area (Å²) in [7, 11) is 0. The van der Waals surface area contributed by atoms with Gasteiger partial charge in [-0.15, -0.1) is 11.8 Å². The van der Waals surface area contributed by atoms with Crippen LogP contribution >= 0.6 is 23.4 Å². The molecule has 7 heteroatoms. The molecular weight excluding hydrogens is 370 g/mol. The van der Waals surface area contributed by atoms with Gasteiger partial charge in [0, 0.05) is 34.7 Å². The lowest BCUT2D eigenvalue weighted by molar-refractivity contribution is -0.120. The Morgan fingerprint density at radius 1 is 1.04 bits per heavy atom. The summed E-state index contributed by atoms with van der Waals surface area (Å²) < 4.78 is 0. The number of hydrogen-bond acceptors (Lipinski definition) is 4. The highest BCUT2D eigenvalue weighted by atomic mass is 35.5. The van der Waals surface area contributed by atoms with Gasteiger partial charge in [0.05, 0.1) is 5.71 Å². The molecule has 0 bridgehead atoms. The van der Waals surface area contributed by atoms with Gasteiger partial charge in [0.25, 0.3) is 0 Å². The third-order valence-electron chi connectivity index (χ3n) is 3.38. The number of halogens is 1. The molecule has 5 nitrogen and oxygen atoms in total. The van der Waals surface area contributed by atoms with Crippen LogP contribution in [0.3, 0.4) is 0 Å². The standard InChI is InChI=1S/C19H20ClN3O2S/c1-13(15-3-7-17(8-4-15)21-14(2)24)22-23-19(25)11-12-26-18-9-5-16(20)6-10-18/h3-10H,11-12H2,1-2H3,(H,21,24)(H,23,25)/b22-13-. The number of nitrogens with one attached hydrogen (secondary N) is 2. The minimum atomic E-state index is -0.138. The lowest BCUT2D eigenvalue weighted by Gasteiger charge is -2.05. The molecule has 0 aliphatic carbocycles. The maximum absolute atomic E-state index is 11.9. The number of carbonyl (C=O) groups is 2. The first-order chi connectivity index (χ1) is 12.4. The molecule has 0 fully saturated rings. The second-order valence-corrected chi connectivity index (χ2v) is 7.15. The Bertz CT molecular complexity index is 789. The smallest absolute Gasteiger partial charge is 0.240 e. The highest BCUT2D eigenvalue weighted by Gasteiger charge is 2.03. The average Bonchev–Trinajstić information content (AvgIpc) is 2.61. The molecule has 2 aromatic carbocycles. The zero-order valence-electron chi connectivity index (χ0n) is 14.6. The van der Waals surface area contributed by atoms with Crippen molar-refractivity contribution < 1.29 is 9.59 Å². The molecule has 2 rings (SSSR count).